The van der Waals surface area contributed by atoms with Crippen molar-refractivity contribution in [3.05, 3.63) is 71.8 Å². The summed E-state index contributed by atoms with van der Waals surface area (Å²) in [5.74, 6) is 0.711. The molecule has 0 atom stereocenters. The van der Waals surface area contributed by atoms with Crippen LogP contribution < -0.4 is 10.1 Å². The highest BCUT2D eigenvalue weighted by atomic mass is 32.2. The summed E-state index contributed by atoms with van der Waals surface area (Å²) in [6.07, 6.45) is 3.10. The molecule has 0 unspecified atom stereocenters. The van der Waals surface area contributed by atoms with E-state index in [1.807, 2.05) is 54.6 Å². The number of hydrogen-bond acceptors (Lipinski definition) is 6. The largest absolute Gasteiger partial charge is 0.497 e. The number of carbonyl (C=O) groups excluding carboxylic acids is 2. The van der Waals surface area contributed by atoms with Crippen LogP contribution in [0.15, 0.2) is 70.9 Å². The lowest BCUT2D eigenvalue weighted by Crippen LogP contribution is -2.40. The predicted octanol–water partition coefficient (Wildman–Crippen LogP) is 2.79. The van der Waals surface area contributed by atoms with Crippen molar-refractivity contribution in [1.82, 2.24) is 10.2 Å². The fourth-order valence-electron chi connectivity index (χ4n) is 2.62. The zero-order valence-electron chi connectivity index (χ0n) is 16.7. The first kappa shape index (κ1) is 21.3. The number of rotatable bonds is 6. The molecule has 30 heavy (non-hydrogen) atoms. The molecule has 1 N–H and O–H groups in total. The van der Waals surface area contributed by atoms with Gasteiger partial charge in [0.25, 0.3) is 0 Å². The Morgan fingerprint density at radius 3 is 2.67 bits per heavy atom. The second-order valence-electron chi connectivity index (χ2n) is 6.46. The van der Waals surface area contributed by atoms with Gasteiger partial charge in [0.15, 0.2) is 5.17 Å². The summed E-state index contributed by atoms with van der Waals surface area (Å²) >= 11 is 1.40. The number of nitrogens with zero attached hydrogens (tertiary/aromatic N) is 3. The molecule has 1 heterocycles. The van der Waals surface area contributed by atoms with Gasteiger partial charge in [-0.3, -0.25) is 9.59 Å². The molecular weight excluding hydrogens is 400 g/mol. The molecule has 7 nitrogen and oxygen atoms in total. The van der Waals surface area contributed by atoms with Gasteiger partial charge in [0, 0.05) is 18.9 Å². The van der Waals surface area contributed by atoms with Crippen LogP contribution in [0, 0.1) is 0 Å². The molecular formula is C22H22N4O3S. The van der Waals surface area contributed by atoms with Gasteiger partial charge in [-0.05, 0) is 29.3 Å². The molecule has 2 aromatic rings. The molecule has 0 fully saturated rings. The standard InChI is InChI=1S/C22H22N4O3S/c1-26(21(28)12-11-16-7-6-10-18(13-16)29-2)14-20(27)23-22-25-24-19(15-30-22)17-8-4-3-5-9-17/h3-13H,14-15H2,1-2H3,(H,23,25,27)/b12-11+. The Morgan fingerprint density at radius 1 is 1.17 bits per heavy atom. The molecule has 2 amide bonds. The minimum absolute atomic E-state index is 0.0872. The summed E-state index contributed by atoms with van der Waals surface area (Å²) in [6.45, 7) is -0.0872. The van der Waals surface area contributed by atoms with Crippen molar-refractivity contribution in [2.75, 3.05) is 26.5 Å². The van der Waals surface area contributed by atoms with Gasteiger partial charge < -0.3 is 15.0 Å². The molecule has 1 aliphatic rings. The Bertz CT molecular complexity index is 1000. The molecule has 154 valence electrons. The van der Waals surface area contributed by atoms with E-state index in [1.165, 1.54) is 22.7 Å². The van der Waals surface area contributed by atoms with Crippen molar-refractivity contribution in [2.24, 2.45) is 10.2 Å². The average molecular weight is 423 g/mol. The first-order chi connectivity index (χ1) is 14.5. The van der Waals surface area contributed by atoms with Gasteiger partial charge in [-0.1, -0.05) is 54.2 Å². The molecule has 0 saturated carbocycles. The van der Waals surface area contributed by atoms with Gasteiger partial charge >= 0.3 is 0 Å². The fourth-order valence-corrected chi connectivity index (χ4v) is 3.41. The summed E-state index contributed by atoms with van der Waals surface area (Å²) in [4.78, 5) is 25.8. The molecule has 0 aromatic heterocycles. The lowest BCUT2D eigenvalue weighted by atomic mass is 10.1. The van der Waals surface area contributed by atoms with Crippen molar-refractivity contribution in [3.8, 4) is 5.75 Å². The maximum atomic E-state index is 12.3. The SMILES string of the molecule is COc1cccc(/C=C/C(=O)N(C)CC(=O)NC2=NN=C(c3ccccc3)CS2)c1. The van der Waals surface area contributed by atoms with Crippen molar-refractivity contribution >= 4 is 40.5 Å². The average Bonchev–Trinajstić information content (AvgIpc) is 2.78. The Hall–Kier alpha value is -3.39. The highest BCUT2D eigenvalue weighted by molar-refractivity contribution is 8.14. The zero-order chi connectivity index (χ0) is 21.3. The lowest BCUT2D eigenvalue weighted by molar-refractivity contribution is -0.130. The third-order valence-electron chi connectivity index (χ3n) is 4.23. The van der Waals surface area contributed by atoms with Gasteiger partial charge in [0.1, 0.15) is 5.75 Å². The van der Waals surface area contributed by atoms with E-state index in [9.17, 15) is 9.59 Å². The van der Waals surface area contributed by atoms with Crippen LogP contribution in [0.5, 0.6) is 5.75 Å². The van der Waals surface area contributed by atoms with Crippen LogP contribution in [0.25, 0.3) is 6.08 Å². The second-order valence-corrected chi connectivity index (χ2v) is 7.42. The van der Waals surface area contributed by atoms with E-state index in [1.54, 1.807) is 20.2 Å². The maximum Gasteiger partial charge on any atom is 0.246 e. The first-order valence-electron chi connectivity index (χ1n) is 9.25. The molecule has 8 heteroatoms. The predicted molar refractivity (Wildman–Crippen MR) is 121 cm³/mol. The van der Waals surface area contributed by atoms with E-state index >= 15 is 0 Å². The van der Waals surface area contributed by atoms with Gasteiger partial charge in [-0.25, -0.2) is 0 Å². The Morgan fingerprint density at radius 2 is 1.97 bits per heavy atom. The van der Waals surface area contributed by atoms with Crippen molar-refractivity contribution in [3.63, 3.8) is 0 Å². The number of likely N-dealkylation sites (N-methyl/N-ethyl adjacent to an activating group) is 1. The van der Waals surface area contributed by atoms with Crippen LogP contribution in [0.4, 0.5) is 0 Å². The number of ether oxygens (including phenoxy) is 1. The third-order valence-corrected chi connectivity index (χ3v) is 5.10. The zero-order valence-corrected chi connectivity index (χ0v) is 17.6. The highest BCUT2D eigenvalue weighted by Crippen LogP contribution is 2.15. The van der Waals surface area contributed by atoms with Gasteiger partial charge in [-0.15, -0.1) is 5.10 Å². The molecule has 3 rings (SSSR count). The fraction of sp³-hybridized carbons (Fsp3) is 0.182. The Kier molecular flexibility index (Phi) is 7.40. The summed E-state index contributed by atoms with van der Waals surface area (Å²) in [5, 5.41) is 11.4. The summed E-state index contributed by atoms with van der Waals surface area (Å²) in [5.41, 5.74) is 2.70. The van der Waals surface area contributed by atoms with Gasteiger partial charge in [0.2, 0.25) is 11.8 Å². The molecule has 0 aliphatic carbocycles. The number of thioether (sulfide) groups is 1. The van der Waals surface area contributed by atoms with Gasteiger partial charge in [-0.2, -0.15) is 5.10 Å². The molecule has 1 aliphatic heterocycles. The maximum absolute atomic E-state index is 12.3. The summed E-state index contributed by atoms with van der Waals surface area (Å²) in [7, 11) is 3.16. The van der Waals surface area contributed by atoms with Crippen LogP contribution in [0.3, 0.4) is 0 Å². The molecule has 2 aromatic carbocycles. The van der Waals surface area contributed by atoms with Crippen LogP contribution in [0.2, 0.25) is 0 Å². The van der Waals surface area contributed by atoms with Crippen molar-refractivity contribution in [2.45, 2.75) is 0 Å². The molecule has 0 radical (unpaired) electrons. The minimum Gasteiger partial charge on any atom is -0.497 e. The highest BCUT2D eigenvalue weighted by Gasteiger charge is 2.16. The Labute approximate surface area is 179 Å². The van der Waals surface area contributed by atoms with E-state index in [-0.39, 0.29) is 18.4 Å². The Balaban J connectivity index is 1.51. The number of benzene rings is 2. The number of amides is 2. The number of amidine groups is 1. The third kappa shape index (κ3) is 6.05. The van der Waals surface area contributed by atoms with E-state index in [4.69, 9.17) is 4.74 Å². The summed E-state index contributed by atoms with van der Waals surface area (Å²) < 4.78 is 5.16. The van der Waals surface area contributed by atoms with Crippen molar-refractivity contribution < 1.29 is 14.3 Å². The van der Waals surface area contributed by atoms with E-state index in [2.05, 4.69) is 15.5 Å². The number of carbonyl (C=O) groups is 2. The number of hydrogen-bond donors (Lipinski definition) is 1. The van der Waals surface area contributed by atoms with Crippen LogP contribution >= 0.6 is 11.8 Å². The second kappa shape index (κ2) is 10.4. The molecule has 0 spiro atoms. The topological polar surface area (TPSA) is 83.4 Å². The number of methoxy groups -OCH3 is 1. The van der Waals surface area contributed by atoms with E-state index in [0.29, 0.717) is 16.7 Å². The number of nitrogens with one attached hydrogen (secondary N) is 1. The minimum atomic E-state index is -0.328. The van der Waals surface area contributed by atoms with Gasteiger partial charge in [0.05, 0.1) is 19.4 Å². The van der Waals surface area contributed by atoms with Crippen LogP contribution in [0.1, 0.15) is 11.1 Å². The monoisotopic (exact) mass is 422 g/mol. The van der Waals surface area contributed by atoms with E-state index in [0.717, 1.165) is 16.8 Å². The normalized spacial score (nSPS) is 13.4. The van der Waals surface area contributed by atoms with Crippen LogP contribution in [-0.2, 0) is 9.59 Å². The van der Waals surface area contributed by atoms with E-state index < -0.39 is 0 Å². The molecule has 0 bridgehead atoms. The smallest absolute Gasteiger partial charge is 0.246 e. The van der Waals surface area contributed by atoms with Crippen molar-refractivity contribution in [1.29, 1.82) is 0 Å². The lowest BCUT2D eigenvalue weighted by Gasteiger charge is -2.16. The van der Waals surface area contributed by atoms with Crippen LogP contribution in [-0.4, -0.2) is 54.0 Å². The molecule has 0 saturated heterocycles. The summed E-state index contributed by atoms with van der Waals surface area (Å²) in [6, 6.07) is 17.1. The quantitative estimate of drug-likeness (QED) is 0.726. The first-order valence-corrected chi connectivity index (χ1v) is 10.2.